The van der Waals surface area contributed by atoms with E-state index in [1.807, 2.05) is 6.92 Å². The predicted octanol–water partition coefficient (Wildman–Crippen LogP) is 0.572. The van der Waals surface area contributed by atoms with Gasteiger partial charge in [0.2, 0.25) is 5.91 Å². The molecule has 1 saturated heterocycles. The number of rotatable bonds is 6. The summed E-state index contributed by atoms with van der Waals surface area (Å²) in [6.45, 7) is 8.34. The van der Waals surface area contributed by atoms with E-state index in [1.54, 1.807) is 0 Å². The first-order valence-corrected chi connectivity index (χ1v) is 6.32. The van der Waals surface area contributed by atoms with Gasteiger partial charge in [0.05, 0.1) is 0 Å². The molecule has 1 rings (SSSR count). The highest BCUT2D eigenvalue weighted by Gasteiger charge is 2.15. The Balaban J connectivity index is 2.09. The van der Waals surface area contributed by atoms with Crippen LogP contribution in [0, 0.1) is 5.92 Å². The average Bonchev–Trinajstić information content (AvgIpc) is 2.66. The van der Waals surface area contributed by atoms with Crippen molar-refractivity contribution in [2.75, 3.05) is 26.2 Å². The summed E-state index contributed by atoms with van der Waals surface area (Å²) in [6.07, 6.45) is 3.07. The van der Waals surface area contributed by atoms with Gasteiger partial charge in [-0.15, -0.1) is 0 Å². The largest absolute Gasteiger partial charge is 0.356 e. The summed E-state index contributed by atoms with van der Waals surface area (Å²) in [5, 5.41) is 2.94. The standard InChI is InChI=1S/C12H25N3O/c1-10(9-15-5-3-4-6-15)8-14-12(16)7-11(2)13/h10-11H,3-9,13H2,1-2H3,(H,14,16). The number of amides is 1. The van der Waals surface area contributed by atoms with Crippen LogP contribution < -0.4 is 11.1 Å². The molecule has 0 saturated carbocycles. The third kappa shape index (κ3) is 5.47. The van der Waals surface area contributed by atoms with Crippen LogP contribution in [0.1, 0.15) is 33.1 Å². The molecule has 4 heteroatoms. The van der Waals surface area contributed by atoms with Crippen molar-refractivity contribution in [3.8, 4) is 0 Å². The highest BCUT2D eigenvalue weighted by atomic mass is 16.1. The molecule has 4 nitrogen and oxygen atoms in total. The average molecular weight is 227 g/mol. The van der Waals surface area contributed by atoms with E-state index in [-0.39, 0.29) is 11.9 Å². The Morgan fingerprint density at radius 2 is 2.00 bits per heavy atom. The summed E-state index contributed by atoms with van der Waals surface area (Å²) >= 11 is 0. The number of carbonyl (C=O) groups excluding carboxylic acids is 1. The number of carbonyl (C=O) groups is 1. The second kappa shape index (κ2) is 6.86. The lowest BCUT2D eigenvalue weighted by molar-refractivity contribution is -0.121. The summed E-state index contributed by atoms with van der Waals surface area (Å²) in [5.74, 6) is 0.596. The topological polar surface area (TPSA) is 58.4 Å². The van der Waals surface area contributed by atoms with Gasteiger partial charge in [-0.25, -0.2) is 0 Å². The fourth-order valence-corrected chi connectivity index (χ4v) is 2.12. The van der Waals surface area contributed by atoms with Gasteiger partial charge in [0.25, 0.3) is 0 Å². The molecule has 2 unspecified atom stereocenters. The fraction of sp³-hybridized carbons (Fsp3) is 0.917. The smallest absolute Gasteiger partial charge is 0.221 e. The molecule has 1 aliphatic heterocycles. The van der Waals surface area contributed by atoms with E-state index in [1.165, 1.54) is 25.9 Å². The Kier molecular flexibility index (Phi) is 5.77. The van der Waals surface area contributed by atoms with Crippen LogP contribution in [-0.4, -0.2) is 43.0 Å². The molecule has 94 valence electrons. The molecule has 0 aromatic rings. The number of hydrogen-bond acceptors (Lipinski definition) is 3. The third-order valence-corrected chi connectivity index (χ3v) is 2.92. The molecular formula is C12H25N3O. The van der Waals surface area contributed by atoms with Crippen molar-refractivity contribution in [3.63, 3.8) is 0 Å². The molecule has 0 aliphatic carbocycles. The Hall–Kier alpha value is -0.610. The number of nitrogens with zero attached hydrogens (tertiary/aromatic N) is 1. The van der Waals surface area contributed by atoms with Crippen LogP contribution in [0.5, 0.6) is 0 Å². The summed E-state index contributed by atoms with van der Waals surface area (Å²) in [5.41, 5.74) is 5.56. The molecule has 16 heavy (non-hydrogen) atoms. The Morgan fingerprint density at radius 1 is 1.38 bits per heavy atom. The molecule has 0 aromatic heterocycles. The Labute approximate surface area is 98.6 Å². The van der Waals surface area contributed by atoms with E-state index < -0.39 is 0 Å². The molecular weight excluding hydrogens is 202 g/mol. The summed E-state index contributed by atoms with van der Waals surface area (Å²) < 4.78 is 0. The van der Waals surface area contributed by atoms with Gasteiger partial charge in [0.15, 0.2) is 0 Å². The maximum atomic E-state index is 11.4. The van der Waals surface area contributed by atoms with Gasteiger partial charge >= 0.3 is 0 Å². The molecule has 0 bridgehead atoms. The van der Waals surface area contributed by atoms with Gasteiger partial charge in [-0.3, -0.25) is 4.79 Å². The van der Waals surface area contributed by atoms with E-state index >= 15 is 0 Å². The number of nitrogens with two attached hydrogens (primary N) is 1. The van der Waals surface area contributed by atoms with Crippen LogP contribution in [0.3, 0.4) is 0 Å². The molecule has 1 fully saturated rings. The summed E-state index contributed by atoms with van der Waals surface area (Å²) in [4.78, 5) is 13.9. The van der Waals surface area contributed by atoms with Gasteiger partial charge in [-0.1, -0.05) is 6.92 Å². The zero-order valence-electron chi connectivity index (χ0n) is 10.5. The van der Waals surface area contributed by atoms with E-state index in [9.17, 15) is 4.79 Å². The zero-order valence-corrected chi connectivity index (χ0v) is 10.5. The van der Waals surface area contributed by atoms with Crippen LogP contribution in [0.25, 0.3) is 0 Å². The van der Waals surface area contributed by atoms with Crippen LogP contribution >= 0.6 is 0 Å². The lowest BCUT2D eigenvalue weighted by Crippen LogP contribution is -2.36. The minimum Gasteiger partial charge on any atom is -0.356 e. The van der Waals surface area contributed by atoms with Gasteiger partial charge in [0.1, 0.15) is 0 Å². The zero-order chi connectivity index (χ0) is 12.0. The minimum atomic E-state index is -0.0473. The first kappa shape index (κ1) is 13.5. The molecule has 1 aliphatic rings. The molecule has 3 N–H and O–H groups in total. The number of hydrogen-bond donors (Lipinski definition) is 2. The quantitative estimate of drug-likeness (QED) is 0.697. The highest BCUT2D eigenvalue weighted by molar-refractivity contribution is 5.76. The van der Waals surface area contributed by atoms with E-state index in [0.29, 0.717) is 12.3 Å². The molecule has 1 amide bonds. The van der Waals surface area contributed by atoms with Crippen molar-refractivity contribution in [1.29, 1.82) is 0 Å². The lowest BCUT2D eigenvalue weighted by Gasteiger charge is -2.20. The van der Waals surface area contributed by atoms with Crippen LogP contribution in [0.15, 0.2) is 0 Å². The number of likely N-dealkylation sites (tertiary alicyclic amines) is 1. The van der Waals surface area contributed by atoms with Gasteiger partial charge in [-0.05, 0) is 38.8 Å². The van der Waals surface area contributed by atoms with E-state index in [4.69, 9.17) is 5.73 Å². The molecule has 0 spiro atoms. The van der Waals surface area contributed by atoms with Crippen LogP contribution in [0.4, 0.5) is 0 Å². The summed E-state index contributed by atoms with van der Waals surface area (Å²) in [7, 11) is 0. The maximum Gasteiger partial charge on any atom is 0.221 e. The van der Waals surface area contributed by atoms with Gasteiger partial charge < -0.3 is 16.0 Å². The first-order valence-electron chi connectivity index (χ1n) is 6.32. The third-order valence-electron chi connectivity index (χ3n) is 2.92. The van der Waals surface area contributed by atoms with Crippen molar-refractivity contribution >= 4 is 5.91 Å². The molecule has 1 heterocycles. The van der Waals surface area contributed by atoms with Gasteiger partial charge in [-0.2, -0.15) is 0 Å². The Morgan fingerprint density at radius 3 is 2.56 bits per heavy atom. The first-order chi connectivity index (χ1) is 7.58. The molecule has 0 aromatic carbocycles. The second-order valence-corrected chi connectivity index (χ2v) is 5.10. The van der Waals surface area contributed by atoms with Gasteiger partial charge in [0, 0.05) is 25.6 Å². The minimum absolute atomic E-state index is 0.0473. The predicted molar refractivity (Wildman–Crippen MR) is 66.1 cm³/mol. The van der Waals surface area contributed by atoms with Crippen molar-refractivity contribution in [3.05, 3.63) is 0 Å². The fourth-order valence-electron chi connectivity index (χ4n) is 2.12. The number of nitrogens with one attached hydrogen (secondary N) is 1. The SMILES string of the molecule is CC(N)CC(=O)NCC(C)CN1CCCC1. The Bertz CT molecular complexity index is 212. The van der Waals surface area contributed by atoms with Crippen LogP contribution in [0.2, 0.25) is 0 Å². The van der Waals surface area contributed by atoms with Crippen molar-refractivity contribution < 1.29 is 4.79 Å². The molecule has 0 radical (unpaired) electrons. The maximum absolute atomic E-state index is 11.4. The van der Waals surface area contributed by atoms with Crippen LogP contribution in [-0.2, 0) is 4.79 Å². The highest BCUT2D eigenvalue weighted by Crippen LogP contribution is 2.09. The van der Waals surface area contributed by atoms with Crippen molar-refractivity contribution in [1.82, 2.24) is 10.2 Å². The normalized spacial score (nSPS) is 20.7. The van der Waals surface area contributed by atoms with Crippen molar-refractivity contribution in [2.45, 2.75) is 39.2 Å². The second-order valence-electron chi connectivity index (χ2n) is 5.10. The molecule has 2 atom stereocenters. The van der Waals surface area contributed by atoms with E-state index in [0.717, 1.165) is 13.1 Å². The van der Waals surface area contributed by atoms with E-state index in [2.05, 4.69) is 17.1 Å². The lowest BCUT2D eigenvalue weighted by atomic mass is 10.1. The van der Waals surface area contributed by atoms with Crippen molar-refractivity contribution in [2.24, 2.45) is 11.7 Å². The summed E-state index contributed by atoms with van der Waals surface area (Å²) in [6, 6.07) is -0.0473. The monoisotopic (exact) mass is 227 g/mol.